The van der Waals surface area contributed by atoms with Crippen molar-refractivity contribution in [1.29, 1.82) is 0 Å². The maximum absolute atomic E-state index is 6.37. The SMILES string of the molecule is c1ccc(-c2cccc(N(c3ccccc3)c3ccc4oc5ccc(-c6nc(-c7ccccc7)c7ccccc7n6)cc5c4c3)c2)cc1. The molecule has 4 nitrogen and oxygen atoms in total. The van der Waals surface area contributed by atoms with Crippen LogP contribution >= 0.6 is 0 Å². The molecule has 0 aliphatic heterocycles. The number of hydrogen-bond donors (Lipinski definition) is 0. The molecule has 0 amide bonds. The molecule has 48 heavy (non-hydrogen) atoms. The van der Waals surface area contributed by atoms with E-state index in [1.165, 1.54) is 11.1 Å². The number of benzene rings is 7. The molecular formula is C44H29N3O. The minimum absolute atomic E-state index is 0.684. The van der Waals surface area contributed by atoms with Crippen molar-refractivity contribution in [3.05, 3.63) is 176 Å². The van der Waals surface area contributed by atoms with Gasteiger partial charge in [0.2, 0.25) is 0 Å². The Balaban J connectivity index is 1.19. The van der Waals surface area contributed by atoms with Crippen molar-refractivity contribution in [1.82, 2.24) is 9.97 Å². The highest BCUT2D eigenvalue weighted by molar-refractivity contribution is 6.08. The summed E-state index contributed by atoms with van der Waals surface area (Å²) in [5, 5.41) is 3.09. The normalized spacial score (nSPS) is 11.3. The molecule has 2 heterocycles. The zero-order valence-corrected chi connectivity index (χ0v) is 26.0. The molecule has 0 radical (unpaired) electrons. The van der Waals surface area contributed by atoms with Crippen LogP contribution in [0.4, 0.5) is 17.1 Å². The second-order valence-corrected chi connectivity index (χ2v) is 11.9. The molecule has 0 atom stereocenters. The van der Waals surface area contributed by atoms with Crippen LogP contribution in [-0.4, -0.2) is 9.97 Å². The Morgan fingerprint density at radius 3 is 1.77 bits per heavy atom. The van der Waals surface area contributed by atoms with Gasteiger partial charge in [0.25, 0.3) is 0 Å². The van der Waals surface area contributed by atoms with Crippen LogP contribution in [0.1, 0.15) is 0 Å². The van der Waals surface area contributed by atoms with Crippen molar-refractivity contribution in [2.24, 2.45) is 0 Å². The number of para-hydroxylation sites is 2. The lowest BCUT2D eigenvalue weighted by molar-refractivity contribution is 0.669. The average Bonchev–Trinajstić information content (AvgIpc) is 3.53. The molecule has 9 aromatic rings. The third kappa shape index (κ3) is 4.97. The van der Waals surface area contributed by atoms with Gasteiger partial charge in [-0.1, -0.05) is 109 Å². The Morgan fingerprint density at radius 2 is 0.979 bits per heavy atom. The number of hydrogen-bond acceptors (Lipinski definition) is 4. The number of nitrogens with zero attached hydrogens (tertiary/aromatic N) is 3. The molecule has 0 fully saturated rings. The zero-order chi connectivity index (χ0) is 31.9. The minimum atomic E-state index is 0.684. The van der Waals surface area contributed by atoms with E-state index in [-0.39, 0.29) is 0 Å². The molecule has 0 aliphatic carbocycles. The molecule has 2 aromatic heterocycles. The van der Waals surface area contributed by atoms with Crippen molar-refractivity contribution < 1.29 is 4.42 Å². The van der Waals surface area contributed by atoms with Gasteiger partial charge in [-0.15, -0.1) is 0 Å². The Labute approximate surface area is 278 Å². The predicted molar refractivity (Wildman–Crippen MR) is 198 cm³/mol. The monoisotopic (exact) mass is 615 g/mol. The van der Waals surface area contributed by atoms with E-state index in [2.05, 4.69) is 138 Å². The third-order valence-corrected chi connectivity index (χ3v) is 8.85. The van der Waals surface area contributed by atoms with Gasteiger partial charge in [-0.25, -0.2) is 9.97 Å². The van der Waals surface area contributed by atoms with E-state index in [0.29, 0.717) is 5.82 Å². The lowest BCUT2D eigenvalue weighted by Gasteiger charge is -2.26. The van der Waals surface area contributed by atoms with Crippen molar-refractivity contribution in [2.45, 2.75) is 0 Å². The van der Waals surface area contributed by atoms with E-state index in [9.17, 15) is 0 Å². The molecule has 7 aromatic carbocycles. The highest BCUT2D eigenvalue weighted by atomic mass is 16.3. The van der Waals surface area contributed by atoms with Crippen molar-refractivity contribution in [3.63, 3.8) is 0 Å². The summed E-state index contributed by atoms with van der Waals surface area (Å²) in [6, 6.07) is 60.9. The van der Waals surface area contributed by atoms with Crippen molar-refractivity contribution in [3.8, 4) is 33.8 Å². The van der Waals surface area contributed by atoms with Crippen LogP contribution < -0.4 is 4.90 Å². The molecule has 0 saturated carbocycles. The lowest BCUT2D eigenvalue weighted by atomic mass is 10.0. The van der Waals surface area contributed by atoms with E-state index in [1.54, 1.807) is 0 Å². The highest BCUT2D eigenvalue weighted by Gasteiger charge is 2.18. The number of anilines is 3. The van der Waals surface area contributed by atoms with Gasteiger partial charge in [0.15, 0.2) is 5.82 Å². The van der Waals surface area contributed by atoms with Gasteiger partial charge in [-0.3, -0.25) is 0 Å². The standard InChI is InChI=1S/C44H29N3O/c1-4-13-30(14-5-1)32-17-12-20-35(27-32)47(34-18-8-3-9-19-34)36-24-26-42-39(29-36)38-28-33(23-25-41(38)48-42)44-45-40-22-11-10-21-37(40)43(46-44)31-15-6-2-7-16-31/h1-29H. The molecule has 4 heteroatoms. The van der Waals surface area contributed by atoms with Crippen LogP contribution in [-0.2, 0) is 0 Å². The fourth-order valence-electron chi connectivity index (χ4n) is 6.54. The molecule has 9 rings (SSSR count). The molecule has 0 spiro atoms. The first kappa shape index (κ1) is 27.8. The van der Waals surface area contributed by atoms with Crippen LogP contribution in [0.25, 0.3) is 66.6 Å². The summed E-state index contributed by atoms with van der Waals surface area (Å²) < 4.78 is 6.37. The largest absolute Gasteiger partial charge is 0.456 e. The van der Waals surface area contributed by atoms with Gasteiger partial charge in [-0.05, 0) is 77.9 Å². The Kier molecular flexibility index (Phi) is 6.76. The summed E-state index contributed by atoms with van der Waals surface area (Å²) >= 11 is 0. The quantitative estimate of drug-likeness (QED) is 0.187. The lowest BCUT2D eigenvalue weighted by Crippen LogP contribution is -2.09. The van der Waals surface area contributed by atoms with E-state index < -0.39 is 0 Å². The van der Waals surface area contributed by atoms with Gasteiger partial charge in [0, 0.05) is 44.3 Å². The topological polar surface area (TPSA) is 42.2 Å². The first-order chi connectivity index (χ1) is 23.8. The van der Waals surface area contributed by atoms with Gasteiger partial charge in [0.1, 0.15) is 11.2 Å². The zero-order valence-electron chi connectivity index (χ0n) is 26.0. The summed E-state index contributed by atoms with van der Waals surface area (Å²) in [6.45, 7) is 0. The maximum Gasteiger partial charge on any atom is 0.160 e. The number of aromatic nitrogens is 2. The van der Waals surface area contributed by atoms with E-state index >= 15 is 0 Å². The predicted octanol–water partition coefficient (Wildman–Crippen LogP) is 12.0. The van der Waals surface area contributed by atoms with Crippen LogP contribution in [0.2, 0.25) is 0 Å². The number of fused-ring (bicyclic) bond motifs is 4. The molecule has 0 unspecified atom stereocenters. The second-order valence-electron chi connectivity index (χ2n) is 11.9. The molecule has 0 bridgehead atoms. The summed E-state index contributed by atoms with van der Waals surface area (Å²) in [6.07, 6.45) is 0. The molecule has 0 N–H and O–H groups in total. The van der Waals surface area contributed by atoms with Crippen LogP contribution in [0.15, 0.2) is 180 Å². The fraction of sp³-hybridized carbons (Fsp3) is 0. The van der Waals surface area contributed by atoms with Gasteiger partial charge >= 0.3 is 0 Å². The highest BCUT2D eigenvalue weighted by Crippen LogP contribution is 2.40. The summed E-state index contributed by atoms with van der Waals surface area (Å²) in [7, 11) is 0. The first-order valence-corrected chi connectivity index (χ1v) is 16.1. The average molecular weight is 616 g/mol. The third-order valence-electron chi connectivity index (χ3n) is 8.85. The van der Waals surface area contributed by atoms with E-state index in [0.717, 1.165) is 66.7 Å². The van der Waals surface area contributed by atoms with Gasteiger partial charge in [-0.2, -0.15) is 0 Å². The van der Waals surface area contributed by atoms with E-state index in [1.807, 2.05) is 42.5 Å². The number of rotatable bonds is 6. The molecule has 226 valence electrons. The second kappa shape index (κ2) is 11.7. The van der Waals surface area contributed by atoms with Gasteiger partial charge in [0.05, 0.1) is 11.2 Å². The molecule has 0 aliphatic rings. The summed E-state index contributed by atoms with van der Waals surface area (Å²) in [5.41, 5.74) is 11.0. The Bertz CT molecular complexity index is 2560. The first-order valence-electron chi connectivity index (χ1n) is 16.1. The Hall–Kier alpha value is -6.52. The smallest absolute Gasteiger partial charge is 0.160 e. The fourth-order valence-corrected chi connectivity index (χ4v) is 6.54. The maximum atomic E-state index is 6.37. The molecule has 0 saturated heterocycles. The summed E-state index contributed by atoms with van der Waals surface area (Å²) in [5.74, 6) is 0.684. The van der Waals surface area contributed by atoms with E-state index in [4.69, 9.17) is 14.4 Å². The minimum Gasteiger partial charge on any atom is -0.456 e. The van der Waals surface area contributed by atoms with Crippen LogP contribution in [0.5, 0.6) is 0 Å². The van der Waals surface area contributed by atoms with Crippen molar-refractivity contribution in [2.75, 3.05) is 4.90 Å². The van der Waals surface area contributed by atoms with Crippen molar-refractivity contribution >= 4 is 49.9 Å². The molecular weight excluding hydrogens is 587 g/mol. The van der Waals surface area contributed by atoms with Crippen LogP contribution in [0.3, 0.4) is 0 Å². The number of furan rings is 1. The summed E-state index contributed by atoms with van der Waals surface area (Å²) in [4.78, 5) is 12.4. The van der Waals surface area contributed by atoms with Gasteiger partial charge < -0.3 is 9.32 Å². The van der Waals surface area contributed by atoms with Crippen LogP contribution in [0, 0.1) is 0 Å². The Morgan fingerprint density at radius 1 is 0.375 bits per heavy atom.